The fraction of sp³-hybridized carbons (Fsp3) is 0.818. The lowest BCUT2D eigenvalue weighted by Crippen LogP contribution is -2.44. The SMILES string of the molecule is C=CCCOCCNS(=O)(=O)C1CCCNC1. The molecule has 0 aromatic carbocycles. The van der Waals surface area contributed by atoms with Gasteiger partial charge in [-0.25, -0.2) is 13.1 Å². The van der Waals surface area contributed by atoms with E-state index in [1.807, 2.05) is 0 Å². The van der Waals surface area contributed by atoms with Gasteiger partial charge in [-0.1, -0.05) is 6.08 Å². The topological polar surface area (TPSA) is 67.4 Å². The van der Waals surface area contributed by atoms with E-state index < -0.39 is 10.0 Å². The summed E-state index contributed by atoms with van der Waals surface area (Å²) in [7, 11) is -3.19. The second-order valence-electron chi connectivity index (χ2n) is 4.10. The summed E-state index contributed by atoms with van der Waals surface area (Å²) in [5.41, 5.74) is 0. The van der Waals surface area contributed by atoms with Crippen molar-refractivity contribution >= 4 is 10.0 Å². The van der Waals surface area contributed by atoms with E-state index in [0.717, 1.165) is 25.8 Å². The van der Waals surface area contributed by atoms with Crippen molar-refractivity contribution in [2.24, 2.45) is 0 Å². The molecule has 0 bridgehead atoms. The molecule has 17 heavy (non-hydrogen) atoms. The predicted octanol–water partition coefficient (Wildman–Crippen LogP) is 0.251. The van der Waals surface area contributed by atoms with Gasteiger partial charge in [0.1, 0.15) is 0 Å². The Morgan fingerprint density at radius 1 is 1.47 bits per heavy atom. The Balaban J connectivity index is 2.17. The smallest absolute Gasteiger partial charge is 0.215 e. The first kappa shape index (κ1) is 14.6. The van der Waals surface area contributed by atoms with Crippen molar-refractivity contribution in [1.82, 2.24) is 10.0 Å². The highest BCUT2D eigenvalue weighted by molar-refractivity contribution is 7.90. The molecule has 2 N–H and O–H groups in total. The van der Waals surface area contributed by atoms with Crippen LogP contribution in [0.5, 0.6) is 0 Å². The summed E-state index contributed by atoms with van der Waals surface area (Å²) >= 11 is 0. The molecular weight excluding hydrogens is 240 g/mol. The van der Waals surface area contributed by atoms with E-state index in [1.165, 1.54) is 0 Å². The second-order valence-corrected chi connectivity index (χ2v) is 6.14. The molecule has 1 rings (SSSR count). The van der Waals surface area contributed by atoms with Crippen molar-refractivity contribution in [2.45, 2.75) is 24.5 Å². The van der Waals surface area contributed by atoms with Crippen LogP contribution >= 0.6 is 0 Å². The summed E-state index contributed by atoms with van der Waals surface area (Å²) in [5.74, 6) is 0. The zero-order chi connectivity index (χ0) is 12.6. The minimum atomic E-state index is -3.19. The van der Waals surface area contributed by atoms with Crippen LogP contribution in [-0.4, -0.2) is 46.5 Å². The number of ether oxygens (including phenoxy) is 1. The van der Waals surface area contributed by atoms with Crippen LogP contribution in [0.3, 0.4) is 0 Å². The zero-order valence-corrected chi connectivity index (χ0v) is 11.0. The van der Waals surface area contributed by atoms with Crippen molar-refractivity contribution in [3.05, 3.63) is 12.7 Å². The predicted molar refractivity (Wildman–Crippen MR) is 68.4 cm³/mol. The van der Waals surface area contributed by atoms with Crippen molar-refractivity contribution in [1.29, 1.82) is 0 Å². The van der Waals surface area contributed by atoms with Crippen LogP contribution in [0.2, 0.25) is 0 Å². The van der Waals surface area contributed by atoms with E-state index in [0.29, 0.717) is 26.3 Å². The van der Waals surface area contributed by atoms with Crippen LogP contribution < -0.4 is 10.0 Å². The summed E-state index contributed by atoms with van der Waals surface area (Å²) in [5, 5.41) is 2.80. The third-order valence-electron chi connectivity index (χ3n) is 2.71. The Kier molecular flexibility index (Phi) is 6.72. The highest BCUT2D eigenvalue weighted by atomic mass is 32.2. The molecule has 5 nitrogen and oxygen atoms in total. The monoisotopic (exact) mass is 262 g/mol. The first-order valence-corrected chi connectivity index (χ1v) is 7.59. The van der Waals surface area contributed by atoms with Gasteiger partial charge in [0.05, 0.1) is 18.5 Å². The summed E-state index contributed by atoms with van der Waals surface area (Å²) in [6.07, 6.45) is 4.22. The average Bonchev–Trinajstić information content (AvgIpc) is 2.35. The third kappa shape index (κ3) is 5.63. The number of hydrogen-bond acceptors (Lipinski definition) is 4. The standard InChI is InChI=1S/C11H22N2O3S/c1-2-3-8-16-9-7-13-17(14,15)11-5-4-6-12-10-11/h2,11-13H,1,3-10H2. The molecule has 1 fully saturated rings. The van der Waals surface area contributed by atoms with Crippen LogP contribution in [0, 0.1) is 0 Å². The maximum atomic E-state index is 11.9. The zero-order valence-electron chi connectivity index (χ0n) is 10.2. The molecule has 0 radical (unpaired) electrons. The molecule has 1 aliphatic heterocycles. The molecule has 0 amide bonds. The summed E-state index contributed by atoms with van der Waals surface area (Å²) in [4.78, 5) is 0. The van der Waals surface area contributed by atoms with Gasteiger partial charge in [0.15, 0.2) is 0 Å². The van der Waals surface area contributed by atoms with E-state index in [4.69, 9.17) is 4.74 Å². The van der Waals surface area contributed by atoms with Gasteiger partial charge in [-0.2, -0.15) is 0 Å². The fourth-order valence-electron chi connectivity index (χ4n) is 1.73. The van der Waals surface area contributed by atoms with E-state index in [2.05, 4.69) is 16.6 Å². The lowest BCUT2D eigenvalue weighted by Gasteiger charge is -2.22. The van der Waals surface area contributed by atoms with Gasteiger partial charge in [-0.3, -0.25) is 0 Å². The molecule has 0 aliphatic carbocycles. The van der Waals surface area contributed by atoms with Gasteiger partial charge in [0.25, 0.3) is 0 Å². The molecule has 1 saturated heterocycles. The highest BCUT2D eigenvalue weighted by Gasteiger charge is 2.26. The lowest BCUT2D eigenvalue weighted by molar-refractivity contribution is 0.144. The first-order valence-electron chi connectivity index (χ1n) is 6.04. The molecule has 1 atom stereocenters. The Hall–Kier alpha value is -0.430. The second kappa shape index (κ2) is 7.81. The normalized spacial score (nSPS) is 21.3. The number of sulfonamides is 1. The van der Waals surface area contributed by atoms with Crippen LogP contribution in [-0.2, 0) is 14.8 Å². The molecule has 100 valence electrons. The third-order valence-corrected chi connectivity index (χ3v) is 4.59. The van der Waals surface area contributed by atoms with Gasteiger partial charge < -0.3 is 10.1 Å². The lowest BCUT2D eigenvalue weighted by atomic mass is 10.2. The van der Waals surface area contributed by atoms with Gasteiger partial charge in [0, 0.05) is 13.1 Å². The Morgan fingerprint density at radius 3 is 2.94 bits per heavy atom. The van der Waals surface area contributed by atoms with Crippen molar-refractivity contribution < 1.29 is 13.2 Å². The van der Waals surface area contributed by atoms with Crippen LogP contribution in [0.1, 0.15) is 19.3 Å². The van der Waals surface area contributed by atoms with Gasteiger partial charge in [-0.05, 0) is 25.8 Å². The summed E-state index contributed by atoms with van der Waals surface area (Å²) < 4.78 is 31.5. The molecule has 0 saturated carbocycles. The minimum Gasteiger partial charge on any atom is -0.380 e. The van der Waals surface area contributed by atoms with Gasteiger partial charge in [-0.15, -0.1) is 6.58 Å². The minimum absolute atomic E-state index is 0.301. The molecule has 0 aromatic heterocycles. The summed E-state index contributed by atoms with van der Waals surface area (Å²) in [6, 6.07) is 0. The maximum absolute atomic E-state index is 11.9. The largest absolute Gasteiger partial charge is 0.380 e. The van der Waals surface area contributed by atoms with Crippen molar-refractivity contribution in [2.75, 3.05) is 32.8 Å². The fourth-order valence-corrected chi connectivity index (χ4v) is 3.15. The quantitative estimate of drug-likeness (QED) is 0.486. The maximum Gasteiger partial charge on any atom is 0.215 e. The average molecular weight is 262 g/mol. The van der Waals surface area contributed by atoms with Gasteiger partial charge in [0.2, 0.25) is 10.0 Å². The number of piperidine rings is 1. The molecule has 0 spiro atoms. The van der Waals surface area contributed by atoms with E-state index in [-0.39, 0.29) is 5.25 Å². The van der Waals surface area contributed by atoms with Crippen LogP contribution in [0.15, 0.2) is 12.7 Å². The molecule has 1 heterocycles. The molecule has 6 heteroatoms. The van der Waals surface area contributed by atoms with Gasteiger partial charge >= 0.3 is 0 Å². The molecule has 0 aromatic rings. The van der Waals surface area contributed by atoms with E-state index >= 15 is 0 Å². The van der Waals surface area contributed by atoms with E-state index in [9.17, 15) is 8.42 Å². The number of hydrogen-bond donors (Lipinski definition) is 2. The molecule has 1 unspecified atom stereocenters. The van der Waals surface area contributed by atoms with Crippen molar-refractivity contribution in [3.63, 3.8) is 0 Å². The van der Waals surface area contributed by atoms with Crippen molar-refractivity contribution in [3.8, 4) is 0 Å². The molecular formula is C11H22N2O3S. The first-order chi connectivity index (χ1) is 8.17. The molecule has 1 aliphatic rings. The van der Waals surface area contributed by atoms with E-state index in [1.54, 1.807) is 6.08 Å². The van der Waals surface area contributed by atoms with Crippen LogP contribution in [0.4, 0.5) is 0 Å². The highest BCUT2D eigenvalue weighted by Crippen LogP contribution is 2.09. The Labute approximate surface area is 104 Å². The summed E-state index contributed by atoms with van der Waals surface area (Å²) in [6.45, 7) is 6.39. The number of rotatable bonds is 8. The number of nitrogens with one attached hydrogen (secondary N) is 2. The Bertz CT molecular complexity index is 311. The van der Waals surface area contributed by atoms with Crippen LogP contribution in [0.25, 0.3) is 0 Å². The Morgan fingerprint density at radius 2 is 2.29 bits per heavy atom.